The van der Waals surface area contributed by atoms with E-state index in [1.165, 1.54) is 0 Å². The van der Waals surface area contributed by atoms with Crippen molar-refractivity contribution in [3.05, 3.63) is 24.3 Å². The van der Waals surface area contributed by atoms with Gasteiger partial charge in [0, 0.05) is 23.3 Å². The first-order chi connectivity index (χ1) is 11.4. The average Bonchev–Trinajstić information content (AvgIpc) is 2.51. The number of carbonyl (C=O) groups excluding carboxylic acids is 3. The van der Waals surface area contributed by atoms with Gasteiger partial charge in [-0.3, -0.25) is 0 Å². The molecule has 24 heavy (non-hydrogen) atoms. The first kappa shape index (κ1) is 18.6. The second kappa shape index (κ2) is 7.45. The van der Waals surface area contributed by atoms with Crippen molar-refractivity contribution >= 4 is 18.5 Å². The highest BCUT2D eigenvalue weighted by Crippen LogP contribution is 2.53. The molecule has 2 rings (SSSR count). The largest absolute Gasteiger partial charge is 0.461 e. The normalized spacial score (nSPS) is 30.2. The van der Waals surface area contributed by atoms with Gasteiger partial charge < -0.3 is 14.3 Å². The van der Waals surface area contributed by atoms with E-state index in [4.69, 9.17) is 4.74 Å². The Balaban J connectivity index is 2.33. The van der Waals surface area contributed by atoms with E-state index in [1.807, 2.05) is 6.08 Å². The molecule has 4 heteroatoms. The van der Waals surface area contributed by atoms with Crippen LogP contribution in [-0.2, 0) is 19.1 Å². The van der Waals surface area contributed by atoms with Crippen molar-refractivity contribution in [1.29, 1.82) is 0 Å². The molecule has 0 radical (unpaired) electrons. The first-order valence-electron chi connectivity index (χ1n) is 8.77. The minimum Gasteiger partial charge on any atom is -0.461 e. The van der Waals surface area contributed by atoms with E-state index in [1.54, 1.807) is 6.08 Å². The molecule has 1 spiro atoms. The molecule has 0 bridgehead atoms. The molecule has 0 aromatic carbocycles. The van der Waals surface area contributed by atoms with Gasteiger partial charge in [-0.2, -0.15) is 0 Å². The molecule has 0 saturated heterocycles. The molecule has 0 aromatic heterocycles. The molecule has 1 saturated carbocycles. The zero-order valence-corrected chi connectivity index (χ0v) is 14.8. The molecular formula is C20H28O4. The summed E-state index contributed by atoms with van der Waals surface area (Å²) in [5, 5.41) is 0. The van der Waals surface area contributed by atoms with E-state index in [9.17, 15) is 14.4 Å². The second-order valence-electron chi connectivity index (χ2n) is 7.93. The highest BCUT2D eigenvalue weighted by molar-refractivity contribution is 5.89. The summed E-state index contributed by atoms with van der Waals surface area (Å²) in [5.41, 5.74) is 0.112. The van der Waals surface area contributed by atoms with Crippen LogP contribution in [0.1, 0.15) is 52.4 Å². The minimum atomic E-state index is -0.396. The Morgan fingerprint density at radius 1 is 1.33 bits per heavy atom. The molecule has 1 aliphatic carbocycles. The summed E-state index contributed by atoms with van der Waals surface area (Å²) in [6.45, 7) is 8.23. The van der Waals surface area contributed by atoms with Gasteiger partial charge >= 0.3 is 5.97 Å². The predicted octanol–water partition coefficient (Wildman–Crippen LogP) is 3.65. The van der Waals surface area contributed by atoms with Gasteiger partial charge in [-0.15, -0.1) is 6.58 Å². The first-order valence-corrected chi connectivity index (χ1v) is 8.77. The Morgan fingerprint density at radius 2 is 2.08 bits per heavy atom. The number of ether oxygens (including phenoxy) is 1. The third kappa shape index (κ3) is 3.68. The van der Waals surface area contributed by atoms with E-state index in [0.29, 0.717) is 24.8 Å². The zero-order valence-electron chi connectivity index (χ0n) is 14.8. The minimum absolute atomic E-state index is 0.0558. The molecular weight excluding hydrogens is 304 g/mol. The van der Waals surface area contributed by atoms with Gasteiger partial charge in [0.15, 0.2) is 0 Å². The second-order valence-corrected chi connectivity index (χ2v) is 7.93. The maximum atomic E-state index is 12.2. The van der Waals surface area contributed by atoms with Crippen molar-refractivity contribution in [1.82, 2.24) is 0 Å². The molecule has 1 fully saturated rings. The maximum Gasteiger partial charge on any atom is 0.333 e. The van der Waals surface area contributed by atoms with Gasteiger partial charge in [0.1, 0.15) is 19.2 Å². The van der Waals surface area contributed by atoms with Crippen LogP contribution in [0, 0.1) is 22.7 Å². The third-order valence-corrected chi connectivity index (χ3v) is 5.69. The molecule has 1 heterocycles. The van der Waals surface area contributed by atoms with Crippen LogP contribution in [0.25, 0.3) is 0 Å². The van der Waals surface area contributed by atoms with Crippen molar-refractivity contribution in [3.63, 3.8) is 0 Å². The smallest absolute Gasteiger partial charge is 0.333 e. The van der Waals surface area contributed by atoms with Crippen LogP contribution in [0.2, 0.25) is 0 Å². The maximum absolute atomic E-state index is 12.2. The highest BCUT2D eigenvalue weighted by atomic mass is 16.5. The fourth-order valence-corrected chi connectivity index (χ4v) is 4.43. The Morgan fingerprint density at radius 3 is 2.71 bits per heavy atom. The molecule has 4 nitrogen and oxygen atoms in total. The average molecular weight is 332 g/mol. The van der Waals surface area contributed by atoms with E-state index in [0.717, 1.165) is 31.8 Å². The van der Waals surface area contributed by atoms with Gasteiger partial charge in [0.25, 0.3) is 0 Å². The summed E-state index contributed by atoms with van der Waals surface area (Å²) in [6, 6.07) is 0. The number of allylic oxidation sites excluding steroid dienone is 1. The van der Waals surface area contributed by atoms with Crippen LogP contribution >= 0.6 is 0 Å². The summed E-state index contributed by atoms with van der Waals surface area (Å²) in [5.74, 6) is -0.417. The van der Waals surface area contributed by atoms with Crippen molar-refractivity contribution < 1.29 is 19.1 Å². The number of aldehydes is 2. The SMILES string of the molecule is C=CC[C@H](CC=O)CC1=CC2(CCCC(C)(C)C2C=O)COC1=O. The number of cyclic esters (lactones) is 1. The quantitative estimate of drug-likeness (QED) is 0.405. The fraction of sp³-hybridized carbons (Fsp3) is 0.650. The summed E-state index contributed by atoms with van der Waals surface area (Å²) >= 11 is 0. The van der Waals surface area contributed by atoms with Crippen molar-refractivity contribution in [2.45, 2.75) is 52.4 Å². The monoisotopic (exact) mass is 332 g/mol. The van der Waals surface area contributed by atoms with Crippen LogP contribution < -0.4 is 0 Å². The van der Waals surface area contributed by atoms with Crippen molar-refractivity contribution in [2.24, 2.45) is 22.7 Å². The van der Waals surface area contributed by atoms with Crippen LogP contribution in [0.4, 0.5) is 0 Å². The third-order valence-electron chi connectivity index (χ3n) is 5.69. The van der Waals surface area contributed by atoms with Crippen molar-refractivity contribution in [2.75, 3.05) is 6.61 Å². The van der Waals surface area contributed by atoms with Crippen LogP contribution in [-0.4, -0.2) is 25.1 Å². The number of hydrogen-bond donors (Lipinski definition) is 0. The molecule has 3 atom stereocenters. The van der Waals surface area contributed by atoms with Gasteiger partial charge in [0.05, 0.1) is 0 Å². The lowest BCUT2D eigenvalue weighted by molar-refractivity contribution is -0.151. The van der Waals surface area contributed by atoms with Crippen LogP contribution in [0.3, 0.4) is 0 Å². The summed E-state index contributed by atoms with van der Waals surface area (Å²) < 4.78 is 5.49. The van der Waals surface area contributed by atoms with Gasteiger partial charge in [-0.1, -0.05) is 32.4 Å². The summed E-state index contributed by atoms with van der Waals surface area (Å²) in [4.78, 5) is 34.9. The number of hydrogen-bond acceptors (Lipinski definition) is 4. The van der Waals surface area contributed by atoms with Gasteiger partial charge in [0.2, 0.25) is 0 Å². The lowest BCUT2D eigenvalue weighted by Gasteiger charge is -2.49. The number of esters is 1. The fourth-order valence-electron chi connectivity index (χ4n) is 4.43. The predicted molar refractivity (Wildman–Crippen MR) is 92.3 cm³/mol. The van der Waals surface area contributed by atoms with Crippen LogP contribution in [0.15, 0.2) is 24.3 Å². The molecule has 0 aromatic rings. The van der Waals surface area contributed by atoms with Crippen molar-refractivity contribution in [3.8, 4) is 0 Å². The summed E-state index contributed by atoms with van der Waals surface area (Å²) in [6.07, 6.45) is 10.1. The standard InChI is InChI=1S/C20H28O4/c1-4-6-15(7-10-21)11-16-12-20(14-24-18(16)23)9-5-8-19(2,3)17(20)13-22/h4,10,12-13,15,17H,1,5-9,11,14H2,2-3H3/t15-,17?,20?/m1/s1. The highest BCUT2D eigenvalue weighted by Gasteiger charge is 2.51. The molecule has 132 valence electrons. The molecule has 2 unspecified atom stereocenters. The topological polar surface area (TPSA) is 60.4 Å². The molecule has 2 aliphatic rings. The lowest BCUT2D eigenvalue weighted by atomic mass is 9.55. The molecule has 0 N–H and O–H groups in total. The lowest BCUT2D eigenvalue weighted by Crippen LogP contribution is -2.48. The molecule has 0 amide bonds. The van der Waals surface area contributed by atoms with Crippen LogP contribution in [0.5, 0.6) is 0 Å². The van der Waals surface area contributed by atoms with Gasteiger partial charge in [-0.05, 0) is 37.0 Å². The number of carbonyl (C=O) groups is 3. The summed E-state index contributed by atoms with van der Waals surface area (Å²) in [7, 11) is 0. The Hall–Kier alpha value is -1.71. The number of rotatable bonds is 7. The van der Waals surface area contributed by atoms with Gasteiger partial charge in [-0.25, -0.2) is 4.79 Å². The molecule has 1 aliphatic heterocycles. The Kier molecular flexibility index (Phi) is 5.79. The zero-order chi connectivity index (χ0) is 17.8. The Labute approximate surface area is 144 Å². The van der Waals surface area contributed by atoms with E-state index < -0.39 is 5.41 Å². The van der Waals surface area contributed by atoms with E-state index >= 15 is 0 Å². The van der Waals surface area contributed by atoms with E-state index in [-0.39, 0.29) is 29.8 Å². The van der Waals surface area contributed by atoms with E-state index in [2.05, 4.69) is 20.4 Å². The Bertz CT molecular complexity index is 536.